The first kappa shape index (κ1) is 32.4. The summed E-state index contributed by atoms with van der Waals surface area (Å²) in [6.07, 6.45) is 0.887. The lowest BCUT2D eigenvalue weighted by Gasteiger charge is -2.34. The van der Waals surface area contributed by atoms with Gasteiger partial charge in [0.1, 0.15) is 18.4 Å². The molecule has 44 heavy (non-hydrogen) atoms. The van der Waals surface area contributed by atoms with Gasteiger partial charge in [-0.1, -0.05) is 97.4 Å². The van der Waals surface area contributed by atoms with Crippen molar-refractivity contribution < 1.29 is 22.4 Å². The molecule has 0 aliphatic rings. The minimum absolute atomic E-state index is 0.0425. The number of hydrogen-bond acceptors (Lipinski definition) is 4. The molecule has 4 aromatic carbocycles. The molecule has 2 amide bonds. The van der Waals surface area contributed by atoms with Crippen LogP contribution in [-0.4, -0.2) is 43.8 Å². The van der Waals surface area contributed by atoms with E-state index < -0.39 is 34.3 Å². The molecule has 230 valence electrons. The third-order valence-electron chi connectivity index (χ3n) is 7.48. The summed E-state index contributed by atoms with van der Waals surface area (Å²) >= 11 is 0. The Morgan fingerprint density at radius 2 is 1.39 bits per heavy atom. The molecule has 0 aliphatic heterocycles. The summed E-state index contributed by atoms with van der Waals surface area (Å²) < 4.78 is 44.0. The number of rotatable bonds is 13. The first-order valence-electron chi connectivity index (χ1n) is 14.6. The smallest absolute Gasteiger partial charge is 0.264 e. The van der Waals surface area contributed by atoms with Gasteiger partial charge in [0.25, 0.3) is 10.0 Å². The van der Waals surface area contributed by atoms with Gasteiger partial charge in [-0.15, -0.1) is 0 Å². The minimum atomic E-state index is -4.38. The number of halogens is 1. The molecule has 0 aromatic heterocycles. The molecule has 0 spiro atoms. The molecule has 0 saturated heterocycles. The predicted molar refractivity (Wildman–Crippen MR) is 171 cm³/mol. The molecule has 0 unspecified atom stereocenters. The Kier molecular flexibility index (Phi) is 10.9. The fourth-order valence-electron chi connectivity index (χ4n) is 4.78. The summed E-state index contributed by atoms with van der Waals surface area (Å²) in [7, 11) is -4.38. The highest BCUT2D eigenvalue weighted by atomic mass is 32.2. The largest absolute Gasteiger partial charge is 0.352 e. The average Bonchev–Trinajstić information content (AvgIpc) is 3.03. The van der Waals surface area contributed by atoms with Crippen LogP contribution in [0, 0.1) is 12.7 Å². The number of benzene rings is 4. The van der Waals surface area contributed by atoms with E-state index in [0.29, 0.717) is 6.42 Å². The van der Waals surface area contributed by atoms with Crippen LogP contribution in [0.4, 0.5) is 10.1 Å². The quantitative estimate of drug-likeness (QED) is 0.203. The summed E-state index contributed by atoms with van der Waals surface area (Å²) in [6.45, 7) is 4.99. The van der Waals surface area contributed by atoms with E-state index in [1.165, 1.54) is 35.2 Å². The van der Waals surface area contributed by atoms with E-state index in [1.54, 1.807) is 12.1 Å². The van der Waals surface area contributed by atoms with Crippen molar-refractivity contribution in [3.05, 3.63) is 132 Å². The van der Waals surface area contributed by atoms with Gasteiger partial charge in [-0.3, -0.25) is 13.9 Å². The van der Waals surface area contributed by atoms with Gasteiger partial charge >= 0.3 is 0 Å². The van der Waals surface area contributed by atoms with Crippen LogP contribution < -0.4 is 9.62 Å². The van der Waals surface area contributed by atoms with Crippen molar-refractivity contribution in [2.24, 2.45) is 0 Å². The highest BCUT2D eigenvalue weighted by molar-refractivity contribution is 7.92. The summed E-state index contributed by atoms with van der Waals surface area (Å²) in [5, 5.41) is 3.00. The van der Waals surface area contributed by atoms with Gasteiger partial charge in [0.15, 0.2) is 0 Å². The molecule has 0 bridgehead atoms. The van der Waals surface area contributed by atoms with Gasteiger partial charge in [-0.05, 0) is 55.7 Å². The van der Waals surface area contributed by atoms with Crippen LogP contribution in [0.5, 0.6) is 0 Å². The maximum atomic E-state index is 15.2. The normalized spacial score (nSPS) is 12.6. The summed E-state index contributed by atoms with van der Waals surface area (Å²) in [5.74, 6) is -1.79. The van der Waals surface area contributed by atoms with Gasteiger partial charge in [-0.25, -0.2) is 12.8 Å². The zero-order valence-electron chi connectivity index (χ0n) is 25.2. The second-order valence-corrected chi connectivity index (χ2v) is 12.7. The molecule has 4 aromatic rings. The number of anilines is 1. The van der Waals surface area contributed by atoms with Crippen molar-refractivity contribution in [2.45, 2.75) is 57.1 Å². The molecule has 9 heteroatoms. The van der Waals surface area contributed by atoms with Crippen LogP contribution in [0.3, 0.4) is 0 Å². The second kappa shape index (κ2) is 14.8. The Balaban J connectivity index is 1.80. The Morgan fingerprint density at radius 3 is 1.98 bits per heavy atom. The predicted octanol–water partition coefficient (Wildman–Crippen LogP) is 5.88. The number of sulfonamides is 1. The van der Waals surface area contributed by atoms with E-state index >= 15 is 4.39 Å². The van der Waals surface area contributed by atoms with Gasteiger partial charge in [0.05, 0.1) is 10.6 Å². The Bertz CT molecular complexity index is 1650. The zero-order valence-corrected chi connectivity index (χ0v) is 26.0. The molecular weight excluding hydrogens is 577 g/mol. The standard InChI is InChI=1S/C35H38FN3O4S/c1-4-27(3)37-35(41)33(23-28-13-7-5-8-14-28)38(24-29-15-9-6-10-16-29)34(40)25-39(32-18-12-11-17-31(32)36)44(42,43)30-21-19-26(2)20-22-30/h5-22,27,33H,4,23-25H2,1-3H3,(H,37,41)/t27-,33-/m1/s1. The van der Waals surface area contributed by atoms with Crippen LogP contribution in [0.2, 0.25) is 0 Å². The van der Waals surface area contributed by atoms with Crippen LogP contribution in [-0.2, 0) is 32.6 Å². The topological polar surface area (TPSA) is 86.8 Å². The molecule has 0 saturated carbocycles. The van der Waals surface area contributed by atoms with Crippen LogP contribution in [0.15, 0.2) is 114 Å². The van der Waals surface area contributed by atoms with E-state index in [4.69, 9.17) is 0 Å². The average molecular weight is 616 g/mol. The number of amides is 2. The molecule has 2 atom stereocenters. The number of nitrogens with one attached hydrogen (secondary N) is 1. The first-order chi connectivity index (χ1) is 21.1. The summed E-state index contributed by atoms with van der Waals surface area (Å²) in [5.41, 5.74) is 2.18. The molecule has 0 radical (unpaired) electrons. The number of aryl methyl sites for hydroxylation is 1. The van der Waals surface area contributed by atoms with Crippen molar-refractivity contribution in [3.8, 4) is 0 Å². The number of carbonyl (C=O) groups excluding carboxylic acids is 2. The van der Waals surface area contributed by atoms with Crippen LogP contribution in [0.25, 0.3) is 0 Å². The maximum Gasteiger partial charge on any atom is 0.264 e. The summed E-state index contributed by atoms with van der Waals surface area (Å²) in [4.78, 5) is 29.5. The summed E-state index contributed by atoms with van der Waals surface area (Å²) in [6, 6.07) is 29.0. The van der Waals surface area contributed by atoms with Gasteiger partial charge in [0, 0.05) is 19.0 Å². The van der Waals surface area contributed by atoms with Gasteiger partial charge < -0.3 is 10.2 Å². The third kappa shape index (κ3) is 8.11. The molecular formula is C35H38FN3O4S. The second-order valence-electron chi connectivity index (χ2n) is 10.8. The zero-order chi connectivity index (χ0) is 31.7. The van der Waals surface area contributed by atoms with Crippen molar-refractivity contribution in [1.29, 1.82) is 0 Å². The molecule has 0 heterocycles. The van der Waals surface area contributed by atoms with Gasteiger partial charge in [-0.2, -0.15) is 0 Å². The fraction of sp³-hybridized carbons (Fsp3) is 0.257. The molecule has 0 fully saturated rings. The molecule has 0 aliphatic carbocycles. The molecule has 1 N–H and O–H groups in total. The number of carbonyl (C=O) groups is 2. The number of para-hydroxylation sites is 1. The van der Waals surface area contributed by atoms with E-state index in [-0.39, 0.29) is 35.5 Å². The lowest BCUT2D eigenvalue weighted by atomic mass is 10.0. The van der Waals surface area contributed by atoms with E-state index in [0.717, 1.165) is 27.1 Å². The van der Waals surface area contributed by atoms with Gasteiger partial charge in [0.2, 0.25) is 11.8 Å². The third-order valence-corrected chi connectivity index (χ3v) is 9.25. The monoisotopic (exact) mass is 615 g/mol. The van der Waals surface area contributed by atoms with Crippen LogP contribution >= 0.6 is 0 Å². The highest BCUT2D eigenvalue weighted by Gasteiger charge is 2.35. The first-order valence-corrected chi connectivity index (χ1v) is 16.1. The van der Waals surface area contributed by atoms with E-state index in [2.05, 4.69) is 5.32 Å². The molecule has 4 rings (SSSR count). The fourth-order valence-corrected chi connectivity index (χ4v) is 6.20. The SMILES string of the molecule is CC[C@@H](C)NC(=O)[C@@H](Cc1ccccc1)N(Cc1ccccc1)C(=O)CN(c1ccccc1F)S(=O)(=O)c1ccc(C)cc1. The van der Waals surface area contributed by atoms with Crippen molar-refractivity contribution in [1.82, 2.24) is 10.2 Å². The Morgan fingerprint density at radius 1 is 0.818 bits per heavy atom. The Hall–Kier alpha value is -4.50. The van der Waals surface area contributed by atoms with Crippen LogP contribution in [0.1, 0.15) is 37.0 Å². The van der Waals surface area contributed by atoms with Crippen molar-refractivity contribution >= 4 is 27.5 Å². The molecule has 7 nitrogen and oxygen atoms in total. The van der Waals surface area contributed by atoms with Crippen molar-refractivity contribution in [3.63, 3.8) is 0 Å². The van der Waals surface area contributed by atoms with E-state index in [9.17, 15) is 18.0 Å². The highest BCUT2D eigenvalue weighted by Crippen LogP contribution is 2.27. The number of hydrogen-bond donors (Lipinski definition) is 1. The van der Waals surface area contributed by atoms with Crippen molar-refractivity contribution in [2.75, 3.05) is 10.8 Å². The maximum absolute atomic E-state index is 15.2. The minimum Gasteiger partial charge on any atom is -0.352 e. The number of nitrogens with zero attached hydrogens (tertiary/aromatic N) is 2. The lowest BCUT2D eigenvalue weighted by Crippen LogP contribution is -2.54. The van der Waals surface area contributed by atoms with E-state index in [1.807, 2.05) is 81.4 Å². The Labute approximate surface area is 259 Å². The lowest BCUT2D eigenvalue weighted by molar-refractivity contribution is -0.140.